The molecule has 1 aliphatic rings. The van der Waals surface area contributed by atoms with E-state index in [0.29, 0.717) is 5.56 Å². The predicted octanol–water partition coefficient (Wildman–Crippen LogP) is 4.71. The minimum atomic E-state index is -4.36. The topological polar surface area (TPSA) is 17.1 Å². The molecular weight excluding hydrogens is 265 g/mol. The molecule has 0 saturated heterocycles. The average molecular weight is 282 g/mol. The first-order chi connectivity index (χ1) is 9.47. The summed E-state index contributed by atoms with van der Waals surface area (Å²) in [7, 11) is 0. The van der Waals surface area contributed by atoms with Crippen molar-refractivity contribution in [2.24, 2.45) is 0 Å². The Labute approximate surface area is 116 Å². The van der Waals surface area contributed by atoms with Crippen LogP contribution in [0.1, 0.15) is 43.2 Å². The van der Waals surface area contributed by atoms with Crippen molar-refractivity contribution in [2.75, 3.05) is 0 Å². The first kappa shape index (κ1) is 14.8. The number of allylic oxidation sites excluding steroid dienone is 2. The Balaban J connectivity index is 2.09. The molecule has 0 heterocycles. The molecule has 0 N–H and O–H groups in total. The van der Waals surface area contributed by atoms with Gasteiger partial charge in [-0.15, -0.1) is 0 Å². The van der Waals surface area contributed by atoms with Gasteiger partial charge in [0.15, 0.2) is 5.78 Å². The summed E-state index contributed by atoms with van der Waals surface area (Å²) in [6, 6.07) is 5.02. The Hall–Kier alpha value is -1.58. The van der Waals surface area contributed by atoms with Gasteiger partial charge in [0, 0.05) is 6.42 Å². The van der Waals surface area contributed by atoms with Crippen LogP contribution in [0.4, 0.5) is 13.2 Å². The number of ketones is 1. The maximum absolute atomic E-state index is 12.6. The fourth-order valence-corrected chi connectivity index (χ4v) is 2.42. The number of rotatable bonds is 3. The fourth-order valence-electron chi connectivity index (χ4n) is 2.42. The lowest BCUT2D eigenvalue weighted by atomic mass is 9.98. The van der Waals surface area contributed by atoms with E-state index in [-0.39, 0.29) is 12.2 Å². The highest BCUT2D eigenvalue weighted by atomic mass is 19.4. The summed E-state index contributed by atoms with van der Waals surface area (Å²) >= 11 is 0. The van der Waals surface area contributed by atoms with Crippen LogP contribution >= 0.6 is 0 Å². The molecule has 1 aromatic rings. The second kappa shape index (κ2) is 6.25. The number of halogens is 3. The van der Waals surface area contributed by atoms with Crippen LogP contribution in [0, 0.1) is 0 Å². The van der Waals surface area contributed by atoms with Crippen LogP contribution in [0.5, 0.6) is 0 Å². The molecule has 1 aromatic carbocycles. The van der Waals surface area contributed by atoms with Crippen molar-refractivity contribution in [1.82, 2.24) is 0 Å². The second-order valence-corrected chi connectivity index (χ2v) is 5.13. The molecule has 1 nitrogen and oxygen atoms in total. The normalized spacial score (nSPS) is 16.4. The number of benzene rings is 1. The third-order valence-electron chi connectivity index (χ3n) is 3.52. The summed E-state index contributed by atoms with van der Waals surface area (Å²) in [6.07, 6.45) is 2.46. The van der Waals surface area contributed by atoms with Crippen molar-refractivity contribution in [3.63, 3.8) is 0 Å². The van der Waals surface area contributed by atoms with E-state index in [4.69, 9.17) is 0 Å². The van der Waals surface area contributed by atoms with Gasteiger partial charge < -0.3 is 0 Å². The van der Waals surface area contributed by atoms with Gasteiger partial charge in [-0.25, -0.2) is 0 Å². The number of alkyl halides is 3. The Morgan fingerprint density at radius 3 is 2.70 bits per heavy atom. The lowest BCUT2D eigenvalue weighted by Gasteiger charge is -2.09. The van der Waals surface area contributed by atoms with E-state index in [9.17, 15) is 18.0 Å². The first-order valence-electron chi connectivity index (χ1n) is 6.85. The molecular formula is C16H17F3O. The molecule has 20 heavy (non-hydrogen) atoms. The first-order valence-corrected chi connectivity index (χ1v) is 6.85. The quantitative estimate of drug-likeness (QED) is 0.784. The molecule has 0 radical (unpaired) electrons. The second-order valence-electron chi connectivity index (χ2n) is 5.13. The van der Waals surface area contributed by atoms with Crippen LogP contribution in [0.2, 0.25) is 0 Å². The number of hydrogen-bond acceptors (Lipinski definition) is 1. The number of Topliss-reactive ketones (excluding diaryl/α,β-unsaturated/α-hetero) is 1. The highest BCUT2D eigenvalue weighted by Gasteiger charge is 2.30. The van der Waals surface area contributed by atoms with Gasteiger partial charge in [0.05, 0.1) is 5.56 Å². The smallest absolute Gasteiger partial charge is 0.294 e. The van der Waals surface area contributed by atoms with Crippen molar-refractivity contribution in [3.05, 3.63) is 47.0 Å². The van der Waals surface area contributed by atoms with Crippen LogP contribution < -0.4 is 0 Å². The monoisotopic (exact) mass is 282 g/mol. The van der Waals surface area contributed by atoms with Crippen LogP contribution in [0.25, 0.3) is 0 Å². The molecule has 0 spiro atoms. The zero-order chi connectivity index (χ0) is 14.6. The molecule has 0 unspecified atom stereocenters. The lowest BCUT2D eigenvalue weighted by Crippen LogP contribution is -2.09. The molecule has 0 aliphatic heterocycles. The van der Waals surface area contributed by atoms with Gasteiger partial charge in [0.2, 0.25) is 0 Å². The van der Waals surface area contributed by atoms with Gasteiger partial charge >= 0.3 is 6.18 Å². The van der Waals surface area contributed by atoms with Gasteiger partial charge in [-0.3, -0.25) is 4.79 Å². The summed E-state index contributed by atoms with van der Waals surface area (Å²) < 4.78 is 37.9. The number of carbonyl (C=O) groups excluding carboxylic acids is 1. The molecule has 0 amide bonds. The van der Waals surface area contributed by atoms with Crippen LogP contribution in [0.15, 0.2) is 35.9 Å². The van der Waals surface area contributed by atoms with Crippen molar-refractivity contribution in [2.45, 2.75) is 44.7 Å². The van der Waals surface area contributed by atoms with Crippen molar-refractivity contribution < 1.29 is 18.0 Å². The zero-order valence-electron chi connectivity index (χ0n) is 11.2. The van der Waals surface area contributed by atoms with Crippen molar-refractivity contribution in [3.8, 4) is 0 Å². The van der Waals surface area contributed by atoms with E-state index >= 15 is 0 Å². The molecule has 0 bridgehead atoms. The third-order valence-corrected chi connectivity index (χ3v) is 3.52. The molecule has 0 saturated carbocycles. The summed E-state index contributed by atoms with van der Waals surface area (Å²) in [6.45, 7) is 0. The largest absolute Gasteiger partial charge is 0.416 e. The van der Waals surface area contributed by atoms with Gasteiger partial charge in [-0.05, 0) is 42.9 Å². The third kappa shape index (κ3) is 3.95. The summed E-state index contributed by atoms with van der Waals surface area (Å²) in [4.78, 5) is 12.1. The Morgan fingerprint density at radius 1 is 1.15 bits per heavy atom. The minimum absolute atomic E-state index is 0.0498. The molecule has 0 aromatic heterocycles. The molecule has 0 fully saturated rings. The van der Waals surface area contributed by atoms with E-state index in [1.165, 1.54) is 6.07 Å². The molecule has 108 valence electrons. The number of hydrogen-bond donors (Lipinski definition) is 0. The Bertz CT molecular complexity index is 515. The van der Waals surface area contributed by atoms with Crippen LogP contribution in [0.3, 0.4) is 0 Å². The molecule has 2 rings (SSSR count). The fraction of sp³-hybridized carbons (Fsp3) is 0.438. The van der Waals surface area contributed by atoms with E-state index in [0.717, 1.165) is 49.8 Å². The Kier molecular flexibility index (Phi) is 4.63. The maximum Gasteiger partial charge on any atom is 0.416 e. The lowest BCUT2D eigenvalue weighted by molar-refractivity contribution is -0.137. The highest BCUT2D eigenvalue weighted by Crippen LogP contribution is 2.30. The van der Waals surface area contributed by atoms with E-state index in [1.54, 1.807) is 6.07 Å². The summed E-state index contributed by atoms with van der Waals surface area (Å²) in [5.74, 6) is -0.0498. The Morgan fingerprint density at radius 2 is 1.95 bits per heavy atom. The number of carbonyl (C=O) groups is 1. The standard InChI is InChI=1S/C16H17F3O/c17-16(18,19)14-9-5-6-12(10-14)11-15(20)13-7-3-1-2-4-8-13/h5-7,9-10H,1-4,8,11H2. The van der Waals surface area contributed by atoms with Crippen LogP contribution in [-0.4, -0.2) is 5.78 Å². The van der Waals surface area contributed by atoms with Crippen LogP contribution in [-0.2, 0) is 17.4 Å². The predicted molar refractivity (Wildman–Crippen MR) is 71.3 cm³/mol. The van der Waals surface area contributed by atoms with E-state index < -0.39 is 11.7 Å². The van der Waals surface area contributed by atoms with E-state index in [2.05, 4.69) is 0 Å². The maximum atomic E-state index is 12.6. The zero-order valence-corrected chi connectivity index (χ0v) is 11.2. The summed E-state index contributed by atoms with van der Waals surface area (Å²) in [5, 5.41) is 0. The van der Waals surface area contributed by atoms with Gasteiger partial charge in [-0.2, -0.15) is 13.2 Å². The highest BCUT2D eigenvalue weighted by molar-refractivity contribution is 5.96. The minimum Gasteiger partial charge on any atom is -0.294 e. The van der Waals surface area contributed by atoms with Crippen molar-refractivity contribution >= 4 is 5.78 Å². The van der Waals surface area contributed by atoms with Crippen molar-refractivity contribution in [1.29, 1.82) is 0 Å². The SMILES string of the molecule is O=C(Cc1cccc(C(F)(F)F)c1)C1=CCCCCC1. The van der Waals surface area contributed by atoms with Gasteiger partial charge in [-0.1, -0.05) is 30.7 Å². The van der Waals surface area contributed by atoms with Gasteiger partial charge in [0.1, 0.15) is 0 Å². The molecule has 4 heteroatoms. The summed E-state index contributed by atoms with van der Waals surface area (Å²) in [5.41, 5.74) is 0.507. The van der Waals surface area contributed by atoms with E-state index in [1.807, 2.05) is 6.08 Å². The molecule has 0 atom stereocenters. The van der Waals surface area contributed by atoms with Gasteiger partial charge in [0.25, 0.3) is 0 Å². The average Bonchev–Trinajstić information content (AvgIpc) is 2.67. The molecule has 1 aliphatic carbocycles.